The van der Waals surface area contributed by atoms with Gasteiger partial charge in [-0.3, -0.25) is 9.79 Å². The molecule has 3 unspecified atom stereocenters. The zero-order chi connectivity index (χ0) is 21.0. The van der Waals surface area contributed by atoms with Gasteiger partial charge in [0.1, 0.15) is 12.4 Å². The van der Waals surface area contributed by atoms with E-state index in [-0.39, 0.29) is 11.0 Å². The summed E-state index contributed by atoms with van der Waals surface area (Å²) in [4.78, 5) is 20.9. The highest BCUT2D eigenvalue weighted by Crippen LogP contribution is 2.38. The number of amides is 1. The Bertz CT molecular complexity index is 893. The Morgan fingerprint density at radius 1 is 1.38 bits per heavy atom. The smallest absolute Gasteiger partial charge is 0.399 e. The first-order chi connectivity index (χ1) is 13.8. The molecule has 154 valence electrons. The molecular weight excluding hydrogens is 403 g/mol. The van der Waals surface area contributed by atoms with E-state index in [9.17, 15) is 18.0 Å². The van der Waals surface area contributed by atoms with Crippen molar-refractivity contribution in [3.63, 3.8) is 0 Å². The van der Waals surface area contributed by atoms with Gasteiger partial charge in [-0.15, -0.1) is 0 Å². The summed E-state index contributed by atoms with van der Waals surface area (Å²) in [6.07, 6.45) is 3.54. The second kappa shape index (κ2) is 8.86. The highest BCUT2D eigenvalue weighted by molar-refractivity contribution is 8.15. The molecule has 0 bridgehead atoms. The van der Waals surface area contributed by atoms with Crippen LogP contribution in [-0.2, 0) is 9.63 Å². The van der Waals surface area contributed by atoms with Crippen LogP contribution in [0.15, 0.2) is 58.2 Å². The van der Waals surface area contributed by atoms with Gasteiger partial charge in [0.2, 0.25) is 5.91 Å². The predicted molar refractivity (Wildman–Crippen MR) is 109 cm³/mol. The number of nitrogens with zero attached hydrogens (tertiary/aromatic N) is 2. The number of oxime groups is 1. The number of nitrogens with one attached hydrogen (secondary N) is 1. The fourth-order valence-corrected chi connectivity index (χ4v) is 4.25. The molecule has 1 amide bonds. The third-order valence-corrected chi connectivity index (χ3v) is 5.73. The van der Waals surface area contributed by atoms with Crippen molar-refractivity contribution in [3.8, 4) is 0 Å². The topological polar surface area (TPSA) is 63.0 Å². The number of carbonyl (C=O) groups is 1. The number of thioether (sulfide) groups is 1. The molecule has 1 aromatic rings. The van der Waals surface area contributed by atoms with Crippen molar-refractivity contribution in [2.45, 2.75) is 36.7 Å². The molecule has 1 aliphatic carbocycles. The monoisotopic (exact) mass is 423 g/mol. The summed E-state index contributed by atoms with van der Waals surface area (Å²) in [7, 11) is 1.46. The normalized spacial score (nSPS) is 24.4. The van der Waals surface area contributed by atoms with Crippen molar-refractivity contribution in [1.82, 2.24) is 0 Å². The van der Waals surface area contributed by atoms with Crippen LogP contribution in [0.5, 0.6) is 0 Å². The highest BCUT2D eigenvalue weighted by Gasteiger charge is 2.51. The van der Waals surface area contributed by atoms with Crippen LogP contribution in [0.4, 0.5) is 18.9 Å². The van der Waals surface area contributed by atoms with Gasteiger partial charge < -0.3 is 10.2 Å². The van der Waals surface area contributed by atoms with E-state index in [0.29, 0.717) is 12.1 Å². The fraction of sp³-hybridized carbons (Fsp3) is 0.350. The number of para-hydroxylation sites is 1. The van der Waals surface area contributed by atoms with Crippen LogP contribution in [0.2, 0.25) is 0 Å². The third kappa shape index (κ3) is 5.09. The first-order valence-electron chi connectivity index (χ1n) is 8.92. The summed E-state index contributed by atoms with van der Waals surface area (Å²) < 4.78 is 39.7. The molecule has 3 rings (SSSR count). The Hall–Kier alpha value is -2.55. The van der Waals surface area contributed by atoms with Crippen molar-refractivity contribution in [1.29, 1.82) is 0 Å². The van der Waals surface area contributed by atoms with Crippen molar-refractivity contribution < 1.29 is 22.8 Å². The Balaban J connectivity index is 1.75. The first kappa shape index (κ1) is 21.2. The molecule has 5 nitrogen and oxygen atoms in total. The molecule has 0 aromatic heterocycles. The molecule has 1 N–H and O–H groups in total. The molecule has 1 heterocycles. The minimum atomic E-state index is -4.57. The highest BCUT2D eigenvalue weighted by atomic mass is 32.2. The van der Waals surface area contributed by atoms with Gasteiger partial charge in [0, 0.05) is 11.6 Å². The summed E-state index contributed by atoms with van der Waals surface area (Å²) in [6, 6.07) is 5.10. The predicted octanol–water partition coefficient (Wildman–Crippen LogP) is 4.69. The average molecular weight is 423 g/mol. The van der Waals surface area contributed by atoms with E-state index >= 15 is 0 Å². The second-order valence-corrected chi connectivity index (χ2v) is 7.91. The van der Waals surface area contributed by atoms with Gasteiger partial charge in [-0.25, -0.2) is 0 Å². The Morgan fingerprint density at radius 2 is 2.14 bits per heavy atom. The van der Waals surface area contributed by atoms with Gasteiger partial charge in [-0.05, 0) is 30.5 Å². The molecule has 0 spiro atoms. The summed E-state index contributed by atoms with van der Waals surface area (Å²) >= 11 is 0.845. The SMILES string of the molecule is CO/N=C/C1=CCC(c2ccccc2NC(=O)C2SC(C)=NC2C(F)(F)F)C=C1. The van der Waals surface area contributed by atoms with E-state index in [1.54, 1.807) is 18.3 Å². The largest absolute Gasteiger partial charge is 0.412 e. The summed E-state index contributed by atoms with van der Waals surface area (Å²) in [5.74, 6) is -0.715. The lowest BCUT2D eigenvalue weighted by Crippen LogP contribution is -2.41. The molecule has 29 heavy (non-hydrogen) atoms. The van der Waals surface area contributed by atoms with Crippen molar-refractivity contribution >= 4 is 34.6 Å². The van der Waals surface area contributed by atoms with E-state index in [2.05, 4.69) is 20.3 Å². The van der Waals surface area contributed by atoms with Crippen LogP contribution >= 0.6 is 11.8 Å². The number of hydrogen-bond acceptors (Lipinski definition) is 5. The number of allylic oxidation sites excluding steroid dienone is 4. The van der Waals surface area contributed by atoms with E-state index < -0.39 is 23.4 Å². The maximum absolute atomic E-state index is 13.2. The number of anilines is 1. The van der Waals surface area contributed by atoms with E-state index in [1.165, 1.54) is 14.0 Å². The Kier molecular flexibility index (Phi) is 6.46. The lowest BCUT2D eigenvalue weighted by atomic mass is 9.89. The second-order valence-electron chi connectivity index (χ2n) is 6.57. The van der Waals surface area contributed by atoms with Crippen LogP contribution in [0, 0.1) is 0 Å². The van der Waals surface area contributed by atoms with Crippen molar-refractivity contribution in [2.75, 3.05) is 12.4 Å². The quantitative estimate of drug-likeness (QED) is 0.552. The molecule has 9 heteroatoms. The van der Waals surface area contributed by atoms with E-state index in [0.717, 1.165) is 22.9 Å². The number of benzene rings is 1. The molecule has 0 fully saturated rings. The number of halogens is 3. The number of aliphatic imine (C=N–C) groups is 1. The van der Waals surface area contributed by atoms with Gasteiger partial charge in [0.25, 0.3) is 0 Å². The Labute approximate surface area is 170 Å². The number of alkyl halides is 3. The molecule has 0 radical (unpaired) electrons. The zero-order valence-corrected chi connectivity index (χ0v) is 16.6. The zero-order valence-electron chi connectivity index (χ0n) is 15.8. The molecule has 2 aliphatic rings. The molecular formula is C20H20F3N3O2S. The minimum Gasteiger partial charge on any atom is -0.399 e. The van der Waals surface area contributed by atoms with Crippen molar-refractivity contribution in [3.05, 3.63) is 53.6 Å². The number of carbonyl (C=O) groups excluding carboxylic acids is 1. The summed E-state index contributed by atoms with van der Waals surface area (Å²) in [5, 5.41) is 5.33. The van der Waals surface area contributed by atoms with Gasteiger partial charge >= 0.3 is 6.18 Å². The summed E-state index contributed by atoms with van der Waals surface area (Å²) in [5.41, 5.74) is 2.23. The van der Waals surface area contributed by atoms with Crippen LogP contribution < -0.4 is 5.32 Å². The van der Waals surface area contributed by atoms with E-state index in [4.69, 9.17) is 0 Å². The first-order valence-corrected chi connectivity index (χ1v) is 9.80. The molecule has 1 aromatic carbocycles. The Morgan fingerprint density at radius 3 is 2.79 bits per heavy atom. The standard InChI is InChI=1S/C20H20F3N3O2S/c1-12-25-18(20(21,22)23)17(29-12)19(27)26-16-6-4-3-5-15(16)14-9-7-13(8-10-14)11-24-28-2/h3-9,11,14,17-18H,10H2,1-2H3,(H,26,27)/b24-11+. The average Bonchev–Trinajstić information content (AvgIpc) is 3.10. The fourth-order valence-electron chi connectivity index (χ4n) is 3.20. The molecule has 3 atom stereocenters. The lowest BCUT2D eigenvalue weighted by Gasteiger charge is -2.22. The molecule has 1 aliphatic heterocycles. The van der Waals surface area contributed by atoms with Gasteiger partial charge in [0.05, 0.1) is 11.3 Å². The van der Waals surface area contributed by atoms with Crippen LogP contribution in [0.1, 0.15) is 24.8 Å². The maximum Gasteiger partial charge on any atom is 0.412 e. The molecule has 0 saturated carbocycles. The van der Waals surface area contributed by atoms with Gasteiger partial charge in [-0.1, -0.05) is 53.3 Å². The third-order valence-electron chi connectivity index (χ3n) is 4.55. The summed E-state index contributed by atoms with van der Waals surface area (Å²) in [6.45, 7) is 1.48. The number of hydrogen-bond donors (Lipinski definition) is 1. The van der Waals surface area contributed by atoms with Crippen LogP contribution in [-0.4, -0.2) is 41.7 Å². The van der Waals surface area contributed by atoms with Crippen LogP contribution in [0.3, 0.4) is 0 Å². The van der Waals surface area contributed by atoms with Crippen molar-refractivity contribution in [2.24, 2.45) is 10.1 Å². The minimum absolute atomic E-state index is 0.0150. The molecule has 0 saturated heterocycles. The van der Waals surface area contributed by atoms with E-state index in [1.807, 2.05) is 30.4 Å². The van der Waals surface area contributed by atoms with Crippen LogP contribution in [0.25, 0.3) is 0 Å². The maximum atomic E-state index is 13.2. The lowest BCUT2D eigenvalue weighted by molar-refractivity contribution is -0.150. The number of rotatable bonds is 5. The van der Waals surface area contributed by atoms with Gasteiger partial charge in [0.15, 0.2) is 6.04 Å². The van der Waals surface area contributed by atoms with Gasteiger partial charge in [-0.2, -0.15) is 13.2 Å².